The molecular formula is C16H22F3NO2. The summed E-state index contributed by atoms with van der Waals surface area (Å²) in [5.74, 6) is -0.396. The lowest BCUT2D eigenvalue weighted by molar-refractivity contribution is -0.137. The van der Waals surface area contributed by atoms with Gasteiger partial charge in [0.25, 0.3) is 0 Å². The molecule has 0 aliphatic heterocycles. The van der Waals surface area contributed by atoms with Crippen LogP contribution in [0.15, 0.2) is 24.3 Å². The number of aliphatic hydroxyl groups is 1. The lowest BCUT2D eigenvalue weighted by Gasteiger charge is -2.26. The van der Waals surface area contributed by atoms with E-state index in [4.69, 9.17) is 0 Å². The lowest BCUT2D eigenvalue weighted by atomic mass is 9.87. The van der Waals surface area contributed by atoms with Gasteiger partial charge in [-0.05, 0) is 30.0 Å². The third-order valence-electron chi connectivity index (χ3n) is 3.47. The molecule has 0 spiro atoms. The van der Waals surface area contributed by atoms with Gasteiger partial charge in [0.2, 0.25) is 5.91 Å². The highest BCUT2D eigenvalue weighted by Gasteiger charge is 2.31. The highest BCUT2D eigenvalue weighted by Crippen LogP contribution is 2.30. The number of amides is 1. The average molecular weight is 317 g/mol. The molecule has 124 valence electrons. The van der Waals surface area contributed by atoms with Gasteiger partial charge in [-0.15, -0.1) is 0 Å². The first-order valence-corrected chi connectivity index (χ1v) is 7.06. The first kappa shape index (κ1) is 18.5. The molecule has 0 aliphatic rings. The predicted molar refractivity (Wildman–Crippen MR) is 78.1 cm³/mol. The van der Waals surface area contributed by atoms with Gasteiger partial charge < -0.3 is 10.4 Å². The van der Waals surface area contributed by atoms with E-state index in [9.17, 15) is 23.1 Å². The summed E-state index contributed by atoms with van der Waals surface area (Å²) in [6, 6.07) is 4.28. The summed E-state index contributed by atoms with van der Waals surface area (Å²) in [6.45, 7) is 7.03. The molecule has 0 aromatic heterocycles. The fraction of sp³-hybridized carbons (Fsp3) is 0.562. The molecule has 1 aromatic rings. The summed E-state index contributed by atoms with van der Waals surface area (Å²) in [5, 5.41) is 12.5. The molecule has 0 bridgehead atoms. The van der Waals surface area contributed by atoms with E-state index in [-0.39, 0.29) is 6.42 Å². The van der Waals surface area contributed by atoms with E-state index in [1.807, 2.05) is 0 Å². The number of hydrogen-bond acceptors (Lipinski definition) is 2. The third-order valence-corrected chi connectivity index (χ3v) is 3.47. The highest BCUT2D eigenvalue weighted by molar-refractivity contribution is 5.77. The van der Waals surface area contributed by atoms with Crippen LogP contribution in [-0.2, 0) is 11.0 Å². The molecule has 6 heteroatoms. The molecular weight excluding hydrogens is 295 g/mol. The van der Waals surface area contributed by atoms with E-state index in [1.54, 1.807) is 27.7 Å². The van der Waals surface area contributed by atoms with Crippen molar-refractivity contribution >= 4 is 5.91 Å². The second-order valence-electron chi connectivity index (χ2n) is 6.50. The zero-order valence-electron chi connectivity index (χ0n) is 13.2. The van der Waals surface area contributed by atoms with Crippen LogP contribution in [0.5, 0.6) is 0 Å². The molecule has 0 heterocycles. The average Bonchev–Trinajstić information content (AvgIpc) is 2.36. The van der Waals surface area contributed by atoms with E-state index in [0.29, 0.717) is 5.56 Å². The van der Waals surface area contributed by atoms with Crippen molar-refractivity contribution < 1.29 is 23.1 Å². The smallest absolute Gasteiger partial charge is 0.392 e. The van der Waals surface area contributed by atoms with Gasteiger partial charge in [-0.3, -0.25) is 4.79 Å². The van der Waals surface area contributed by atoms with Gasteiger partial charge in [0.15, 0.2) is 0 Å². The fourth-order valence-electron chi connectivity index (χ4n) is 1.85. The van der Waals surface area contributed by atoms with Crippen molar-refractivity contribution in [2.45, 2.75) is 52.4 Å². The number of rotatable bonds is 4. The van der Waals surface area contributed by atoms with E-state index < -0.39 is 35.2 Å². The number of nitrogens with one attached hydrogen (secondary N) is 1. The maximum Gasteiger partial charge on any atom is 0.416 e. The van der Waals surface area contributed by atoms with Crippen LogP contribution in [0.3, 0.4) is 0 Å². The molecule has 1 rings (SSSR count). The Morgan fingerprint density at radius 3 is 2.36 bits per heavy atom. The summed E-state index contributed by atoms with van der Waals surface area (Å²) < 4.78 is 38.0. The number of benzene rings is 1. The van der Waals surface area contributed by atoms with Crippen molar-refractivity contribution in [3.63, 3.8) is 0 Å². The second-order valence-corrected chi connectivity index (χ2v) is 6.50. The molecule has 1 aromatic carbocycles. The zero-order chi connectivity index (χ0) is 17.1. The van der Waals surface area contributed by atoms with E-state index >= 15 is 0 Å². The van der Waals surface area contributed by atoms with Crippen LogP contribution in [0.2, 0.25) is 0 Å². The number of halogens is 3. The highest BCUT2D eigenvalue weighted by atomic mass is 19.4. The molecule has 0 saturated carbocycles. The zero-order valence-corrected chi connectivity index (χ0v) is 13.2. The Balaban J connectivity index is 2.73. The summed E-state index contributed by atoms with van der Waals surface area (Å²) >= 11 is 0. The van der Waals surface area contributed by atoms with Crippen LogP contribution in [0.25, 0.3) is 0 Å². The fourth-order valence-corrected chi connectivity index (χ4v) is 1.85. The Labute approximate surface area is 128 Å². The number of hydrogen-bond donors (Lipinski definition) is 2. The molecule has 0 fully saturated rings. The maximum atomic E-state index is 12.7. The monoisotopic (exact) mass is 317 g/mol. The van der Waals surface area contributed by atoms with Gasteiger partial charge in [0.1, 0.15) is 0 Å². The van der Waals surface area contributed by atoms with E-state index in [2.05, 4.69) is 5.32 Å². The Morgan fingerprint density at radius 1 is 1.27 bits per heavy atom. The molecule has 2 atom stereocenters. The Kier molecular flexibility index (Phi) is 5.62. The lowest BCUT2D eigenvalue weighted by Crippen LogP contribution is -2.35. The van der Waals surface area contributed by atoms with Crippen LogP contribution in [0.1, 0.15) is 51.3 Å². The minimum absolute atomic E-state index is 0.0905. The number of alkyl halides is 3. The molecule has 22 heavy (non-hydrogen) atoms. The van der Waals surface area contributed by atoms with Crippen LogP contribution in [-0.4, -0.2) is 17.1 Å². The first-order valence-electron chi connectivity index (χ1n) is 7.06. The molecule has 2 unspecified atom stereocenters. The van der Waals surface area contributed by atoms with Crippen LogP contribution in [0, 0.1) is 5.41 Å². The Bertz CT molecular complexity index is 521. The Hall–Kier alpha value is -1.56. The first-order chi connectivity index (χ1) is 9.91. The van der Waals surface area contributed by atoms with Gasteiger partial charge in [0, 0.05) is 0 Å². The SMILES string of the molecule is CC(NC(=O)CC(O)C(C)(C)C)c1cccc(C(F)(F)F)c1. The quantitative estimate of drug-likeness (QED) is 0.890. The topological polar surface area (TPSA) is 49.3 Å². The van der Waals surface area contributed by atoms with Gasteiger partial charge in [-0.1, -0.05) is 32.9 Å². The van der Waals surface area contributed by atoms with Crippen LogP contribution >= 0.6 is 0 Å². The van der Waals surface area contributed by atoms with E-state index in [1.165, 1.54) is 12.1 Å². The van der Waals surface area contributed by atoms with Crippen molar-refractivity contribution in [2.24, 2.45) is 5.41 Å². The van der Waals surface area contributed by atoms with Gasteiger partial charge in [-0.2, -0.15) is 13.2 Å². The summed E-state index contributed by atoms with van der Waals surface area (Å²) in [7, 11) is 0. The molecule has 1 amide bonds. The number of carbonyl (C=O) groups excluding carboxylic acids is 1. The number of aliphatic hydroxyl groups excluding tert-OH is 1. The van der Waals surface area contributed by atoms with Crippen molar-refractivity contribution in [3.8, 4) is 0 Å². The second kappa shape index (κ2) is 6.69. The van der Waals surface area contributed by atoms with Crippen molar-refractivity contribution in [2.75, 3.05) is 0 Å². The van der Waals surface area contributed by atoms with E-state index in [0.717, 1.165) is 12.1 Å². The Morgan fingerprint density at radius 2 is 1.86 bits per heavy atom. The molecule has 0 saturated heterocycles. The number of carbonyl (C=O) groups is 1. The van der Waals surface area contributed by atoms with Crippen molar-refractivity contribution in [3.05, 3.63) is 35.4 Å². The summed E-state index contributed by atoms with van der Waals surface area (Å²) in [6.07, 6.45) is -5.32. The van der Waals surface area contributed by atoms with Crippen molar-refractivity contribution in [1.82, 2.24) is 5.32 Å². The largest absolute Gasteiger partial charge is 0.416 e. The van der Waals surface area contributed by atoms with Crippen LogP contribution in [0.4, 0.5) is 13.2 Å². The minimum Gasteiger partial charge on any atom is -0.392 e. The van der Waals surface area contributed by atoms with Crippen LogP contribution < -0.4 is 5.32 Å². The molecule has 0 aliphatic carbocycles. The molecule has 2 N–H and O–H groups in total. The minimum atomic E-state index is -4.41. The van der Waals surface area contributed by atoms with Gasteiger partial charge >= 0.3 is 6.18 Å². The summed E-state index contributed by atoms with van der Waals surface area (Å²) in [4.78, 5) is 11.9. The summed E-state index contributed by atoms with van der Waals surface area (Å²) in [5.41, 5.74) is -0.814. The third kappa shape index (κ3) is 5.33. The maximum absolute atomic E-state index is 12.7. The van der Waals surface area contributed by atoms with Gasteiger partial charge in [-0.25, -0.2) is 0 Å². The molecule has 0 radical (unpaired) electrons. The van der Waals surface area contributed by atoms with Crippen molar-refractivity contribution in [1.29, 1.82) is 0 Å². The normalized spacial score (nSPS) is 15.3. The molecule has 3 nitrogen and oxygen atoms in total. The predicted octanol–water partition coefficient (Wildman–Crippen LogP) is 3.68. The standard InChI is InChI=1S/C16H22F3NO2/c1-10(20-14(22)9-13(21)15(2,3)4)11-6-5-7-12(8-11)16(17,18)19/h5-8,10,13,21H,9H2,1-4H3,(H,20,22). The van der Waals surface area contributed by atoms with Gasteiger partial charge in [0.05, 0.1) is 24.1 Å².